The lowest BCUT2D eigenvalue weighted by Crippen LogP contribution is -2.41. The van der Waals surface area contributed by atoms with Crippen molar-refractivity contribution in [1.82, 2.24) is 0 Å². The molecule has 0 aromatic heterocycles. The Morgan fingerprint density at radius 1 is 0.880 bits per heavy atom. The molecule has 0 spiro atoms. The summed E-state index contributed by atoms with van der Waals surface area (Å²) in [6.07, 6.45) is 4.38. The molecule has 0 saturated heterocycles. The van der Waals surface area contributed by atoms with Crippen LogP contribution in [0.15, 0.2) is 48.5 Å². The van der Waals surface area contributed by atoms with Crippen molar-refractivity contribution in [1.29, 1.82) is 0 Å². The first-order chi connectivity index (χ1) is 11.9. The van der Waals surface area contributed by atoms with Crippen molar-refractivity contribution >= 4 is 0 Å². The van der Waals surface area contributed by atoms with Crippen molar-refractivity contribution in [3.8, 4) is 11.1 Å². The Hall–Kier alpha value is -1.64. The third-order valence-corrected chi connectivity index (χ3v) is 5.60. The maximum Gasteiger partial charge on any atom is 0.0898 e. The van der Waals surface area contributed by atoms with E-state index in [1.165, 1.54) is 16.7 Å². The van der Waals surface area contributed by atoms with Gasteiger partial charge in [-0.3, -0.25) is 0 Å². The van der Waals surface area contributed by atoms with E-state index in [9.17, 15) is 5.11 Å². The molecular weight excluding hydrogens is 308 g/mol. The molecule has 1 saturated carbocycles. The Balaban J connectivity index is 1.71. The highest BCUT2D eigenvalue weighted by Gasteiger charge is 2.40. The first-order valence-corrected chi connectivity index (χ1v) is 9.48. The summed E-state index contributed by atoms with van der Waals surface area (Å²) in [6.45, 7) is 7.23. The Morgan fingerprint density at radius 2 is 1.40 bits per heavy atom. The normalized spacial score (nSPS) is 26.6. The summed E-state index contributed by atoms with van der Waals surface area (Å²) >= 11 is 0. The van der Waals surface area contributed by atoms with Crippen LogP contribution in [-0.2, 0) is 10.3 Å². The van der Waals surface area contributed by atoms with Crippen LogP contribution in [0.4, 0.5) is 0 Å². The molecule has 0 unspecified atom stereocenters. The van der Waals surface area contributed by atoms with Gasteiger partial charge < -0.3 is 9.84 Å². The molecule has 134 valence electrons. The second-order valence-electron chi connectivity index (χ2n) is 7.77. The molecule has 1 N–H and O–H groups in total. The lowest BCUT2D eigenvalue weighted by Gasteiger charge is -2.42. The van der Waals surface area contributed by atoms with Gasteiger partial charge in [-0.1, -0.05) is 61.0 Å². The lowest BCUT2D eigenvalue weighted by molar-refractivity contribution is -0.110. The van der Waals surface area contributed by atoms with Gasteiger partial charge in [0.15, 0.2) is 0 Å². The lowest BCUT2D eigenvalue weighted by atomic mass is 9.73. The monoisotopic (exact) mass is 338 g/mol. The minimum Gasteiger partial charge on any atom is -0.385 e. The second kappa shape index (κ2) is 7.31. The molecule has 0 aliphatic heterocycles. The number of ether oxygens (including phenoxy) is 1. The number of hydrogen-bond acceptors (Lipinski definition) is 2. The van der Waals surface area contributed by atoms with Crippen LogP contribution in [0.1, 0.15) is 57.1 Å². The van der Waals surface area contributed by atoms with Crippen LogP contribution in [0.25, 0.3) is 11.1 Å². The second-order valence-corrected chi connectivity index (χ2v) is 7.77. The zero-order chi connectivity index (χ0) is 17.9. The van der Waals surface area contributed by atoms with Crippen LogP contribution >= 0.6 is 0 Å². The summed E-state index contributed by atoms with van der Waals surface area (Å²) in [4.78, 5) is 0. The van der Waals surface area contributed by atoms with Gasteiger partial charge in [-0.2, -0.15) is 0 Å². The Morgan fingerprint density at radius 3 is 1.92 bits per heavy atom. The summed E-state index contributed by atoms with van der Waals surface area (Å²) < 4.78 is 6.02. The molecule has 2 aromatic rings. The zero-order valence-corrected chi connectivity index (χ0v) is 15.7. The van der Waals surface area contributed by atoms with E-state index in [4.69, 9.17) is 4.74 Å². The number of aryl methyl sites for hydroxylation is 1. The van der Waals surface area contributed by atoms with Crippen LogP contribution in [0.5, 0.6) is 0 Å². The summed E-state index contributed by atoms with van der Waals surface area (Å²) in [7, 11) is 0. The predicted octanol–water partition coefficient (Wildman–Crippen LogP) is 5.61. The van der Waals surface area contributed by atoms with E-state index >= 15 is 0 Å². The molecule has 0 radical (unpaired) electrons. The summed E-state index contributed by atoms with van der Waals surface area (Å²) in [5.74, 6) is 0. The highest BCUT2D eigenvalue weighted by atomic mass is 16.5. The van der Waals surface area contributed by atoms with E-state index in [1.54, 1.807) is 0 Å². The number of aliphatic hydroxyl groups is 1. The van der Waals surface area contributed by atoms with Gasteiger partial charge in [0.25, 0.3) is 0 Å². The number of rotatable bonds is 5. The van der Waals surface area contributed by atoms with Crippen molar-refractivity contribution in [3.63, 3.8) is 0 Å². The highest BCUT2D eigenvalue weighted by Crippen LogP contribution is 2.43. The van der Waals surface area contributed by atoms with Gasteiger partial charge in [-0.25, -0.2) is 0 Å². The quantitative estimate of drug-likeness (QED) is 0.768. The first kappa shape index (κ1) is 18.2. The minimum atomic E-state index is -0.721. The van der Waals surface area contributed by atoms with Crippen molar-refractivity contribution in [2.45, 2.75) is 64.1 Å². The maximum absolute atomic E-state index is 11.1. The first-order valence-electron chi connectivity index (χ1n) is 9.48. The van der Waals surface area contributed by atoms with Gasteiger partial charge in [-0.05, 0) is 62.6 Å². The van der Waals surface area contributed by atoms with E-state index < -0.39 is 5.60 Å². The number of benzene rings is 2. The van der Waals surface area contributed by atoms with Crippen LogP contribution in [0, 0.1) is 6.92 Å². The summed E-state index contributed by atoms with van der Waals surface area (Å²) in [6, 6.07) is 17.0. The number of hydrogen-bond donors (Lipinski definition) is 1. The average molecular weight is 338 g/mol. The third kappa shape index (κ3) is 4.13. The van der Waals surface area contributed by atoms with Crippen LogP contribution in [-0.4, -0.2) is 17.3 Å². The van der Waals surface area contributed by atoms with Crippen molar-refractivity contribution < 1.29 is 9.84 Å². The van der Waals surface area contributed by atoms with Crippen molar-refractivity contribution in [2.75, 3.05) is 6.61 Å². The molecule has 1 aliphatic carbocycles. The zero-order valence-electron chi connectivity index (χ0n) is 15.7. The largest absolute Gasteiger partial charge is 0.385 e. The molecule has 3 rings (SSSR count). The fourth-order valence-corrected chi connectivity index (χ4v) is 3.69. The van der Waals surface area contributed by atoms with Gasteiger partial charge in [0.1, 0.15) is 0 Å². The molecular formula is C23H30O2. The molecule has 2 heteroatoms. The maximum atomic E-state index is 11.1. The molecule has 2 nitrogen and oxygen atoms in total. The third-order valence-electron chi connectivity index (χ3n) is 5.60. The average Bonchev–Trinajstić information content (AvgIpc) is 2.64. The Bertz CT molecular complexity index is 677. The van der Waals surface area contributed by atoms with E-state index in [2.05, 4.69) is 69.3 Å². The molecule has 2 aromatic carbocycles. The molecule has 1 fully saturated rings. The van der Waals surface area contributed by atoms with Gasteiger partial charge in [0.2, 0.25) is 0 Å². The van der Waals surface area contributed by atoms with Gasteiger partial charge in [0, 0.05) is 6.61 Å². The summed E-state index contributed by atoms with van der Waals surface area (Å²) in [5, 5.41) is 11.1. The molecule has 0 atom stereocenters. The van der Waals surface area contributed by atoms with E-state index in [-0.39, 0.29) is 5.60 Å². The summed E-state index contributed by atoms with van der Waals surface area (Å²) in [5.41, 5.74) is 3.91. The fraction of sp³-hybridized carbons (Fsp3) is 0.478. The predicted molar refractivity (Wildman–Crippen MR) is 104 cm³/mol. The minimum absolute atomic E-state index is 0.0793. The van der Waals surface area contributed by atoms with E-state index in [1.807, 2.05) is 0 Å². The van der Waals surface area contributed by atoms with E-state index in [0.717, 1.165) is 44.3 Å². The Labute approximate surface area is 151 Å². The van der Waals surface area contributed by atoms with Crippen molar-refractivity contribution in [2.24, 2.45) is 0 Å². The van der Waals surface area contributed by atoms with Crippen LogP contribution in [0.2, 0.25) is 0 Å². The van der Waals surface area contributed by atoms with Crippen LogP contribution in [0.3, 0.4) is 0 Å². The van der Waals surface area contributed by atoms with E-state index in [0.29, 0.717) is 0 Å². The SMILES string of the molecule is CCCOC1(C)CCC(O)(c2ccc(-c3ccc(C)cc3)cc2)CC1. The highest BCUT2D eigenvalue weighted by molar-refractivity contribution is 5.64. The van der Waals surface area contributed by atoms with Gasteiger partial charge >= 0.3 is 0 Å². The van der Waals surface area contributed by atoms with Crippen molar-refractivity contribution in [3.05, 3.63) is 59.7 Å². The smallest absolute Gasteiger partial charge is 0.0898 e. The fourth-order valence-electron chi connectivity index (χ4n) is 3.69. The molecule has 1 aliphatic rings. The molecule has 0 bridgehead atoms. The Kier molecular flexibility index (Phi) is 5.31. The van der Waals surface area contributed by atoms with Crippen LogP contribution < -0.4 is 0 Å². The standard InChI is InChI=1S/C23H30O2/c1-4-17-25-22(3)13-15-23(24,16-14-22)21-11-9-20(10-12-21)19-7-5-18(2)6-8-19/h5-12,24H,4,13-17H2,1-3H3. The molecule has 0 amide bonds. The van der Waals surface area contributed by atoms with Gasteiger partial charge in [-0.15, -0.1) is 0 Å². The topological polar surface area (TPSA) is 29.5 Å². The van der Waals surface area contributed by atoms with Gasteiger partial charge in [0.05, 0.1) is 11.2 Å². The molecule has 0 heterocycles. The molecule has 25 heavy (non-hydrogen) atoms.